The van der Waals surface area contributed by atoms with E-state index in [0.29, 0.717) is 30.5 Å². The molecule has 0 bridgehead atoms. The Morgan fingerprint density at radius 1 is 1.08 bits per heavy atom. The molecule has 0 radical (unpaired) electrons. The topological polar surface area (TPSA) is 71.4 Å². The van der Waals surface area contributed by atoms with Crippen LogP contribution in [0.2, 0.25) is 0 Å². The molecule has 1 fully saturated rings. The van der Waals surface area contributed by atoms with E-state index < -0.39 is 0 Å². The van der Waals surface area contributed by atoms with E-state index >= 15 is 0 Å². The Labute approximate surface area is 224 Å². The maximum absolute atomic E-state index is 13.1. The van der Waals surface area contributed by atoms with Gasteiger partial charge in [-0.3, -0.25) is 4.79 Å². The lowest BCUT2D eigenvalue weighted by atomic mass is 9.90. The largest absolute Gasteiger partial charge is 0.382 e. The Balaban J connectivity index is 1.33. The lowest BCUT2D eigenvalue weighted by Crippen LogP contribution is -2.26. The van der Waals surface area contributed by atoms with Gasteiger partial charge in [-0.25, -0.2) is 4.98 Å². The summed E-state index contributed by atoms with van der Waals surface area (Å²) in [5.74, 6) is 0.946. The number of fused-ring (bicyclic) bond motifs is 1. The summed E-state index contributed by atoms with van der Waals surface area (Å²) in [6.45, 7) is 6.31. The Kier molecular flexibility index (Phi) is 8.36. The Morgan fingerprint density at radius 3 is 2.66 bits per heavy atom. The molecule has 1 saturated heterocycles. The molecule has 2 N–H and O–H groups in total. The van der Waals surface area contributed by atoms with Gasteiger partial charge in [0.05, 0.1) is 0 Å². The number of nitrogens with one attached hydrogen (secondary N) is 2. The van der Waals surface area contributed by atoms with Crippen molar-refractivity contribution in [1.82, 2.24) is 14.9 Å². The molecule has 1 aliphatic heterocycles. The van der Waals surface area contributed by atoms with E-state index in [0.717, 1.165) is 50.3 Å². The zero-order chi connectivity index (χ0) is 26.3. The van der Waals surface area contributed by atoms with Crippen molar-refractivity contribution in [2.45, 2.75) is 32.1 Å². The lowest BCUT2D eigenvalue weighted by molar-refractivity contribution is 0.102. The number of aromatic nitrogens is 2. The van der Waals surface area contributed by atoms with Gasteiger partial charge in [0.1, 0.15) is 5.82 Å². The van der Waals surface area contributed by atoms with E-state index in [1.807, 2.05) is 31.2 Å². The monoisotopic (exact) mass is 511 g/mol. The summed E-state index contributed by atoms with van der Waals surface area (Å²) < 4.78 is 7.72. The highest BCUT2D eigenvalue weighted by molar-refractivity contribution is 6.04. The summed E-state index contributed by atoms with van der Waals surface area (Å²) in [6.07, 6.45) is 6.99. The first-order chi connectivity index (χ1) is 18.6. The van der Waals surface area contributed by atoms with E-state index in [2.05, 4.69) is 74.7 Å². The Hall–Kier alpha value is -3.68. The van der Waals surface area contributed by atoms with E-state index in [9.17, 15) is 4.79 Å². The molecule has 0 aliphatic carbocycles. The second-order valence-corrected chi connectivity index (χ2v) is 9.87. The number of ether oxygens (including phenoxy) is 1. The van der Waals surface area contributed by atoms with Crippen LogP contribution in [0.15, 0.2) is 73.1 Å². The van der Waals surface area contributed by atoms with Gasteiger partial charge in [0.2, 0.25) is 0 Å². The van der Waals surface area contributed by atoms with Crippen molar-refractivity contribution >= 4 is 34.0 Å². The van der Waals surface area contributed by atoms with Gasteiger partial charge in [0.25, 0.3) is 5.91 Å². The summed E-state index contributed by atoms with van der Waals surface area (Å²) in [6, 6.07) is 20.6. The van der Waals surface area contributed by atoms with Crippen molar-refractivity contribution in [2.75, 3.05) is 43.1 Å². The van der Waals surface area contributed by atoms with Crippen LogP contribution >= 0.6 is 0 Å². The summed E-state index contributed by atoms with van der Waals surface area (Å²) in [7, 11) is 2.06. The van der Waals surface area contributed by atoms with Gasteiger partial charge in [-0.05, 0) is 93.2 Å². The molecule has 0 spiro atoms. The molecule has 7 heteroatoms. The second kappa shape index (κ2) is 12.2. The quantitative estimate of drug-likeness (QED) is 0.261. The molecule has 4 aromatic rings. The molecule has 1 amide bonds. The normalized spacial score (nSPS) is 14.1. The molecule has 7 nitrogen and oxygen atoms in total. The van der Waals surface area contributed by atoms with E-state index in [1.54, 1.807) is 6.20 Å². The number of rotatable bonds is 10. The first-order valence-corrected chi connectivity index (χ1v) is 13.6. The minimum Gasteiger partial charge on any atom is -0.382 e. The number of amides is 1. The molecular formula is C31H37N5O2. The van der Waals surface area contributed by atoms with Gasteiger partial charge in [-0.2, -0.15) is 0 Å². The number of piperidine rings is 1. The first kappa shape index (κ1) is 25.9. The highest BCUT2D eigenvalue weighted by Gasteiger charge is 2.17. The standard InChI is InChI=1S/C31H37N5O2/c1-3-38-20-4-18-36(27-9-10-29-26(21-27)14-19-35(29)2)28-13-17-33-30(22-28)34-31(37)25-7-5-23(6-8-25)24-11-15-32-16-12-24/h5-10,13-14,17,19,21-22,24,32H,3-4,11-12,15-16,18,20H2,1-2H3,(H,33,34,37). The molecule has 5 rings (SSSR count). The van der Waals surface area contributed by atoms with E-state index in [4.69, 9.17) is 4.74 Å². The van der Waals surface area contributed by atoms with E-state index in [1.165, 1.54) is 16.5 Å². The summed E-state index contributed by atoms with van der Waals surface area (Å²) in [5, 5.41) is 7.60. The Morgan fingerprint density at radius 2 is 1.87 bits per heavy atom. The van der Waals surface area contributed by atoms with Gasteiger partial charge in [-0.1, -0.05) is 12.1 Å². The third-order valence-electron chi connectivity index (χ3n) is 7.34. The van der Waals surface area contributed by atoms with E-state index in [-0.39, 0.29) is 5.91 Å². The molecular weight excluding hydrogens is 474 g/mol. The van der Waals surface area contributed by atoms with Crippen molar-refractivity contribution in [3.63, 3.8) is 0 Å². The summed E-state index contributed by atoms with van der Waals surface area (Å²) in [5.41, 5.74) is 5.21. The Bertz CT molecular complexity index is 1360. The molecule has 2 aromatic carbocycles. The minimum atomic E-state index is -0.153. The van der Waals surface area contributed by atoms with Crippen molar-refractivity contribution < 1.29 is 9.53 Å². The highest BCUT2D eigenvalue weighted by atomic mass is 16.5. The summed E-state index contributed by atoms with van der Waals surface area (Å²) in [4.78, 5) is 19.8. The van der Waals surface area contributed by atoms with Crippen LogP contribution in [-0.2, 0) is 11.8 Å². The molecule has 2 aromatic heterocycles. The molecule has 1 aliphatic rings. The number of anilines is 3. The smallest absolute Gasteiger partial charge is 0.256 e. The van der Waals surface area contributed by atoms with Crippen molar-refractivity contribution in [3.05, 3.63) is 84.2 Å². The fourth-order valence-corrected chi connectivity index (χ4v) is 5.22. The maximum Gasteiger partial charge on any atom is 0.256 e. The number of pyridine rings is 1. The highest BCUT2D eigenvalue weighted by Crippen LogP contribution is 2.30. The third kappa shape index (κ3) is 6.06. The molecule has 0 saturated carbocycles. The fourth-order valence-electron chi connectivity index (χ4n) is 5.22. The van der Waals surface area contributed by atoms with Gasteiger partial charge in [0, 0.05) is 73.1 Å². The second-order valence-electron chi connectivity index (χ2n) is 9.87. The van der Waals surface area contributed by atoms with Crippen LogP contribution in [0.5, 0.6) is 0 Å². The number of hydrogen-bond donors (Lipinski definition) is 2. The number of aryl methyl sites for hydroxylation is 1. The predicted octanol–water partition coefficient (Wildman–Crippen LogP) is 5.86. The number of benzene rings is 2. The molecule has 3 heterocycles. The molecule has 198 valence electrons. The van der Waals surface area contributed by atoms with Crippen LogP contribution in [0, 0.1) is 0 Å². The van der Waals surface area contributed by atoms with Crippen molar-refractivity contribution in [2.24, 2.45) is 7.05 Å². The van der Waals surface area contributed by atoms with Crippen LogP contribution in [-0.4, -0.2) is 48.3 Å². The van der Waals surface area contributed by atoms with Crippen LogP contribution in [0.4, 0.5) is 17.2 Å². The van der Waals surface area contributed by atoms with Crippen LogP contribution in [0.1, 0.15) is 48.0 Å². The number of carbonyl (C=O) groups is 1. The van der Waals surface area contributed by atoms with Gasteiger partial charge < -0.3 is 24.8 Å². The van der Waals surface area contributed by atoms with Crippen LogP contribution in [0.3, 0.4) is 0 Å². The van der Waals surface area contributed by atoms with Gasteiger partial charge in [-0.15, -0.1) is 0 Å². The SMILES string of the molecule is CCOCCCN(c1ccnc(NC(=O)c2ccc(C3CCNCC3)cc2)c1)c1ccc2c(ccn2C)c1. The number of hydrogen-bond acceptors (Lipinski definition) is 5. The third-order valence-corrected chi connectivity index (χ3v) is 7.34. The molecule has 0 atom stereocenters. The average Bonchev–Trinajstić information content (AvgIpc) is 3.33. The van der Waals surface area contributed by atoms with Crippen molar-refractivity contribution in [3.8, 4) is 0 Å². The van der Waals surface area contributed by atoms with Crippen LogP contribution in [0.25, 0.3) is 10.9 Å². The lowest BCUT2D eigenvalue weighted by Gasteiger charge is -2.26. The minimum absolute atomic E-state index is 0.153. The fraction of sp³-hybridized carbons (Fsp3) is 0.355. The van der Waals surface area contributed by atoms with Crippen LogP contribution < -0.4 is 15.5 Å². The van der Waals surface area contributed by atoms with Gasteiger partial charge in [0.15, 0.2) is 0 Å². The van der Waals surface area contributed by atoms with Gasteiger partial charge >= 0.3 is 0 Å². The number of nitrogens with zero attached hydrogens (tertiary/aromatic N) is 3. The summed E-state index contributed by atoms with van der Waals surface area (Å²) >= 11 is 0. The number of carbonyl (C=O) groups excluding carboxylic acids is 1. The van der Waals surface area contributed by atoms with Crippen molar-refractivity contribution in [1.29, 1.82) is 0 Å². The zero-order valence-electron chi connectivity index (χ0n) is 22.3. The molecule has 38 heavy (non-hydrogen) atoms. The zero-order valence-corrected chi connectivity index (χ0v) is 22.3. The average molecular weight is 512 g/mol. The maximum atomic E-state index is 13.1. The predicted molar refractivity (Wildman–Crippen MR) is 155 cm³/mol. The molecule has 0 unspecified atom stereocenters. The first-order valence-electron chi connectivity index (χ1n) is 13.6.